The molecule has 206 valence electrons. The maximum atomic E-state index is 14.8. The number of benzene rings is 2. The van der Waals surface area contributed by atoms with Crippen LogP contribution in [0.4, 0.5) is 17.6 Å². The fraction of sp³-hybridized carbons (Fsp3) is 0.379. The highest BCUT2D eigenvalue weighted by atomic mass is 19.2. The fourth-order valence-electron chi connectivity index (χ4n) is 5.24. The van der Waals surface area contributed by atoms with Gasteiger partial charge in [0, 0.05) is 36.0 Å². The largest absolute Gasteiger partial charge is 0.497 e. The van der Waals surface area contributed by atoms with Crippen molar-refractivity contribution in [1.82, 2.24) is 9.88 Å². The van der Waals surface area contributed by atoms with Gasteiger partial charge in [-0.2, -0.15) is 0 Å². The molecule has 3 unspecified atom stereocenters. The number of fused-ring (bicyclic) bond motifs is 1. The summed E-state index contributed by atoms with van der Waals surface area (Å²) in [6, 6.07) is 5.85. The molecule has 2 aromatic carbocycles. The molecule has 1 aliphatic heterocycles. The minimum Gasteiger partial charge on any atom is -0.497 e. The van der Waals surface area contributed by atoms with Crippen LogP contribution in [0.2, 0.25) is 0 Å². The van der Waals surface area contributed by atoms with E-state index >= 15 is 0 Å². The van der Waals surface area contributed by atoms with Crippen LogP contribution in [0.25, 0.3) is 10.9 Å². The number of halogens is 4. The number of piperidine rings is 1. The number of rotatable bonds is 8. The number of hydrogen-bond donors (Lipinski definition) is 2. The van der Waals surface area contributed by atoms with Crippen LogP contribution in [0, 0.1) is 46.9 Å². The zero-order chi connectivity index (χ0) is 28.1. The number of methoxy groups -OCH3 is 1. The number of aliphatic carboxylic acids is 1. The topological polar surface area (TPSA) is 88.7 Å². The van der Waals surface area contributed by atoms with Crippen molar-refractivity contribution in [3.63, 3.8) is 0 Å². The molecule has 3 N–H and O–H groups in total. The van der Waals surface area contributed by atoms with Crippen LogP contribution >= 0.6 is 0 Å². The molecule has 0 radical (unpaired) electrons. The Hall–Kier alpha value is -3.68. The number of carboxylic acids is 1. The zero-order valence-corrected chi connectivity index (χ0v) is 21.4. The highest BCUT2D eigenvalue weighted by molar-refractivity contribution is 5.84. The Bertz CT molecular complexity index is 1420. The van der Waals surface area contributed by atoms with Gasteiger partial charge < -0.3 is 15.6 Å². The third kappa shape index (κ3) is 6.85. The molecule has 4 rings (SSSR count). The SMILES string of the molecule is COc1ccc2ncc(F)c(C(N)CCC3CCN(CC#Cc4cc(F)cc(F)c4F)CC3CC(=O)O)c2c1. The monoisotopic (exact) mass is 543 g/mol. The molecule has 0 aliphatic carbocycles. The van der Waals surface area contributed by atoms with Gasteiger partial charge in [0.05, 0.1) is 30.9 Å². The van der Waals surface area contributed by atoms with Crippen molar-refractivity contribution in [1.29, 1.82) is 0 Å². The molecular weight excluding hydrogens is 514 g/mol. The first kappa shape index (κ1) is 28.3. The van der Waals surface area contributed by atoms with Gasteiger partial charge in [0.2, 0.25) is 0 Å². The summed E-state index contributed by atoms with van der Waals surface area (Å²) in [5, 5.41) is 10.1. The summed E-state index contributed by atoms with van der Waals surface area (Å²) in [7, 11) is 1.52. The number of hydrogen-bond acceptors (Lipinski definition) is 5. The lowest BCUT2D eigenvalue weighted by molar-refractivity contribution is -0.139. The Balaban J connectivity index is 1.43. The number of ether oxygens (including phenoxy) is 1. The van der Waals surface area contributed by atoms with Gasteiger partial charge in [0.25, 0.3) is 0 Å². The average Bonchev–Trinajstić information content (AvgIpc) is 2.90. The molecule has 0 spiro atoms. The second kappa shape index (κ2) is 12.5. The Morgan fingerprint density at radius 3 is 2.74 bits per heavy atom. The zero-order valence-electron chi connectivity index (χ0n) is 21.4. The molecule has 2 heterocycles. The maximum absolute atomic E-state index is 14.8. The van der Waals surface area contributed by atoms with Gasteiger partial charge in [0.15, 0.2) is 11.6 Å². The van der Waals surface area contributed by atoms with Crippen molar-refractivity contribution in [2.75, 3.05) is 26.7 Å². The van der Waals surface area contributed by atoms with E-state index in [-0.39, 0.29) is 30.4 Å². The van der Waals surface area contributed by atoms with E-state index in [0.29, 0.717) is 60.6 Å². The van der Waals surface area contributed by atoms with Crippen LogP contribution in [-0.2, 0) is 4.79 Å². The predicted molar refractivity (Wildman–Crippen MR) is 138 cm³/mol. The first-order valence-electron chi connectivity index (χ1n) is 12.6. The van der Waals surface area contributed by atoms with Gasteiger partial charge in [0.1, 0.15) is 17.4 Å². The molecule has 0 bridgehead atoms. The second-order valence-corrected chi connectivity index (χ2v) is 9.78. The van der Waals surface area contributed by atoms with Crippen molar-refractivity contribution in [3.8, 4) is 17.6 Å². The highest BCUT2D eigenvalue weighted by Crippen LogP contribution is 2.35. The summed E-state index contributed by atoms with van der Waals surface area (Å²) in [6.07, 6.45) is 2.80. The van der Waals surface area contributed by atoms with Crippen LogP contribution < -0.4 is 10.5 Å². The molecule has 1 fully saturated rings. The van der Waals surface area contributed by atoms with Crippen LogP contribution in [0.1, 0.15) is 42.9 Å². The van der Waals surface area contributed by atoms with Crippen molar-refractivity contribution >= 4 is 16.9 Å². The standard InChI is InChI=1S/C29H29F4N3O3/c1-39-21-5-7-26-22(14-21)28(24(32)15-35-26)25(34)6-4-17-8-10-36(16-19(17)12-27(37)38)9-2-3-18-11-20(30)13-23(31)29(18)33/h5,7,11,13-15,17,19,25H,4,6,8-10,12,16,34H2,1H3,(H,37,38). The summed E-state index contributed by atoms with van der Waals surface area (Å²) in [6.45, 7) is 1.23. The van der Waals surface area contributed by atoms with Gasteiger partial charge in [-0.1, -0.05) is 11.8 Å². The van der Waals surface area contributed by atoms with Crippen LogP contribution in [0.15, 0.2) is 36.5 Å². The van der Waals surface area contributed by atoms with E-state index in [2.05, 4.69) is 16.8 Å². The number of likely N-dealkylation sites (tertiary alicyclic amines) is 1. The Labute approximate surface area is 223 Å². The summed E-state index contributed by atoms with van der Waals surface area (Å²) in [5.74, 6) is 0.728. The molecule has 1 aromatic heterocycles. The number of nitrogens with zero attached hydrogens (tertiary/aromatic N) is 2. The van der Waals surface area contributed by atoms with Gasteiger partial charge in [-0.3, -0.25) is 14.7 Å². The van der Waals surface area contributed by atoms with Gasteiger partial charge in [-0.25, -0.2) is 17.6 Å². The molecule has 3 aromatic rings. The molecule has 0 amide bonds. The first-order valence-corrected chi connectivity index (χ1v) is 12.6. The second-order valence-electron chi connectivity index (χ2n) is 9.78. The quantitative estimate of drug-likeness (QED) is 0.235. The molecule has 1 aliphatic rings. The average molecular weight is 544 g/mol. The molecule has 0 saturated carbocycles. The summed E-state index contributed by atoms with van der Waals surface area (Å²) >= 11 is 0. The molecule has 6 nitrogen and oxygen atoms in total. The molecular formula is C29H29F4N3O3. The maximum Gasteiger partial charge on any atom is 0.303 e. The van der Waals surface area contributed by atoms with Crippen LogP contribution in [-0.4, -0.2) is 47.7 Å². The third-order valence-corrected chi connectivity index (χ3v) is 7.22. The number of nitrogens with two attached hydrogens (primary N) is 1. The Kier molecular flexibility index (Phi) is 9.04. The van der Waals surface area contributed by atoms with Gasteiger partial charge in [-0.05, 0) is 61.9 Å². The Morgan fingerprint density at radius 1 is 1.21 bits per heavy atom. The van der Waals surface area contributed by atoms with Crippen molar-refractivity contribution in [2.24, 2.45) is 17.6 Å². The number of aromatic nitrogens is 1. The lowest BCUT2D eigenvalue weighted by Gasteiger charge is -2.37. The number of carboxylic acid groups (broad SMARTS) is 1. The predicted octanol–water partition coefficient (Wildman–Crippen LogP) is 5.04. The molecule has 10 heteroatoms. The summed E-state index contributed by atoms with van der Waals surface area (Å²) < 4.78 is 60.8. The van der Waals surface area contributed by atoms with Gasteiger partial charge >= 0.3 is 5.97 Å². The fourth-order valence-corrected chi connectivity index (χ4v) is 5.24. The summed E-state index contributed by atoms with van der Waals surface area (Å²) in [4.78, 5) is 17.6. The lowest BCUT2D eigenvalue weighted by Crippen LogP contribution is -2.41. The lowest BCUT2D eigenvalue weighted by atomic mass is 9.79. The van der Waals surface area contributed by atoms with Crippen molar-refractivity contribution in [3.05, 3.63) is 70.9 Å². The van der Waals surface area contributed by atoms with E-state index in [1.807, 2.05) is 4.90 Å². The van der Waals surface area contributed by atoms with Crippen molar-refractivity contribution < 1.29 is 32.2 Å². The normalized spacial score (nSPS) is 18.4. The van der Waals surface area contributed by atoms with Crippen molar-refractivity contribution in [2.45, 2.75) is 31.7 Å². The molecule has 39 heavy (non-hydrogen) atoms. The smallest absolute Gasteiger partial charge is 0.303 e. The van der Waals surface area contributed by atoms with Gasteiger partial charge in [-0.15, -0.1) is 0 Å². The highest BCUT2D eigenvalue weighted by Gasteiger charge is 2.31. The van der Waals surface area contributed by atoms with E-state index in [0.717, 1.165) is 12.3 Å². The van der Waals surface area contributed by atoms with Crippen LogP contribution in [0.5, 0.6) is 5.75 Å². The van der Waals surface area contributed by atoms with E-state index in [1.165, 1.54) is 7.11 Å². The minimum absolute atomic E-state index is 0.0387. The van der Waals surface area contributed by atoms with E-state index in [1.54, 1.807) is 18.2 Å². The third-order valence-electron chi connectivity index (χ3n) is 7.22. The number of carbonyl (C=O) groups is 1. The van der Waals surface area contributed by atoms with E-state index in [9.17, 15) is 27.5 Å². The molecule has 1 saturated heterocycles. The van der Waals surface area contributed by atoms with E-state index < -0.39 is 35.3 Å². The molecule has 3 atom stereocenters. The minimum atomic E-state index is -1.31. The van der Waals surface area contributed by atoms with Crippen LogP contribution in [0.3, 0.4) is 0 Å². The van der Waals surface area contributed by atoms with E-state index in [4.69, 9.17) is 10.5 Å². The summed E-state index contributed by atoms with van der Waals surface area (Å²) in [5.41, 5.74) is 7.04. The number of pyridine rings is 1. The first-order chi connectivity index (χ1) is 18.7. The Morgan fingerprint density at radius 2 is 2.00 bits per heavy atom.